The molecular formula is C19H24FNO2. The maximum absolute atomic E-state index is 12.9. The molecule has 4 bridgehead atoms. The molecule has 4 heteroatoms. The largest absolute Gasteiger partial charge is 0.481 e. The van der Waals surface area contributed by atoms with E-state index in [2.05, 4.69) is 5.32 Å². The number of hydrogen-bond donors (Lipinski definition) is 1. The maximum atomic E-state index is 12.9. The van der Waals surface area contributed by atoms with E-state index in [4.69, 9.17) is 4.74 Å². The van der Waals surface area contributed by atoms with Gasteiger partial charge in [0, 0.05) is 5.54 Å². The van der Waals surface area contributed by atoms with Gasteiger partial charge in [-0.1, -0.05) is 0 Å². The molecule has 4 saturated carbocycles. The smallest absolute Gasteiger partial charge is 0.261 e. The van der Waals surface area contributed by atoms with E-state index in [-0.39, 0.29) is 17.3 Å². The first-order valence-corrected chi connectivity index (χ1v) is 8.76. The van der Waals surface area contributed by atoms with E-state index in [1.807, 2.05) is 0 Å². The van der Waals surface area contributed by atoms with Gasteiger partial charge in [-0.2, -0.15) is 0 Å². The Kier molecular flexibility index (Phi) is 3.58. The second kappa shape index (κ2) is 5.50. The van der Waals surface area contributed by atoms with Gasteiger partial charge >= 0.3 is 0 Å². The van der Waals surface area contributed by atoms with Gasteiger partial charge in [-0.25, -0.2) is 4.39 Å². The summed E-state index contributed by atoms with van der Waals surface area (Å²) in [5.74, 6) is 2.58. The number of hydrogen-bond acceptors (Lipinski definition) is 2. The summed E-state index contributed by atoms with van der Waals surface area (Å²) in [6.07, 6.45) is 6.91. The number of halogens is 1. The molecule has 0 unspecified atom stereocenters. The third kappa shape index (κ3) is 2.96. The van der Waals surface area contributed by atoms with Crippen LogP contribution in [0.2, 0.25) is 0 Å². The summed E-state index contributed by atoms with van der Waals surface area (Å²) in [6.45, 7) is 1.76. The Labute approximate surface area is 136 Å². The summed E-state index contributed by atoms with van der Waals surface area (Å²) in [4.78, 5) is 12.6. The fourth-order valence-electron chi connectivity index (χ4n) is 5.40. The Morgan fingerprint density at radius 3 is 2.17 bits per heavy atom. The first-order chi connectivity index (χ1) is 11.0. The van der Waals surface area contributed by atoms with Crippen molar-refractivity contribution in [2.24, 2.45) is 17.8 Å². The molecule has 0 spiro atoms. The molecule has 1 aromatic rings. The summed E-state index contributed by atoms with van der Waals surface area (Å²) in [6, 6.07) is 5.81. The zero-order valence-corrected chi connectivity index (χ0v) is 13.6. The lowest BCUT2D eigenvalue weighted by Crippen LogP contribution is -2.61. The first-order valence-electron chi connectivity index (χ1n) is 8.76. The van der Waals surface area contributed by atoms with Gasteiger partial charge in [0.1, 0.15) is 11.6 Å². The Morgan fingerprint density at radius 2 is 1.65 bits per heavy atom. The standard InChI is InChI=1S/C19H24FNO2/c1-12(23-17-4-2-16(20)3-5-17)18(22)21-19-9-13-6-14(10-19)8-15(7-13)11-19/h2-5,12-15H,6-11H2,1H3,(H,21,22)/t12-,13?,14?,15?,19?/m0/s1. The van der Waals surface area contributed by atoms with Crippen molar-refractivity contribution >= 4 is 5.91 Å². The fourth-order valence-corrected chi connectivity index (χ4v) is 5.40. The molecule has 4 aliphatic carbocycles. The van der Waals surface area contributed by atoms with E-state index in [1.165, 1.54) is 31.4 Å². The lowest BCUT2D eigenvalue weighted by molar-refractivity contribution is -0.133. The van der Waals surface area contributed by atoms with Gasteiger partial charge in [-0.15, -0.1) is 0 Å². The van der Waals surface area contributed by atoms with Crippen molar-refractivity contribution in [3.05, 3.63) is 30.1 Å². The molecule has 1 atom stereocenters. The highest BCUT2D eigenvalue weighted by atomic mass is 19.1. The van der Waals surface area contributed by atoms with E-state index in [1.54, 1.807) is 19.1 Å². The summed E-state index contributed by atoms with van der Waals surface area (Å²) in [7, 11) is 0. The maximum Gasteiger partial charge on any atom is 0.261 e. The van der Waals surface area contributed by atoms with Gasteiger partial charge in [-0.3, -0.25) is 4.79 Å². The molecule has 4 fully saturated rings. The van der Waals surface area contributed by atoms with Crippen LogP contribution < -0.4 is 10.1 Å². The van der Waals surface area contributed by atoms with Crippen molar-refractivity contribution in [3.8, 4) is 5.75 Å². The number of nitrogens with one attached hydrogen (secondary N) is 1. The van der Waals surface area contributed by atoms with Crippen molar-refractivity contribution in [1.82, 2.24) is 5.32 Å². The number of carbonyl (C=O) groups is 1. The number of rotatable bonds is 4. The highest BCUT2D eigenvalue weighted by Gasteiger charge is 2.51. The highest BCUT2D eigenvalue weighted by molar-refractivity contribution is 5.81. The molecule has 0 heterocycles. The fraction of sp³-hybridized carbons (Fsp3) is 0.632. The zero-order valence-electron chi connectivity index (χ0n) is 13.6. The van der Waals surface area contributed by atoms with Gasteiger partial charge in [0.05, 0.1) is 0 Å². The van der Waals surface area contributed by atoms with E-state index < -0.39 is 6.10 Å². The number of amides is 1. The Hall–Kier alpha value is -1.58. The third-order valence-corrected chi connectivity index (χ3v) is 5.92. The summed E-state index contributed by atoms with van der Waals surface area (Å²) < 4.78 is 18.6. The van der Waals surface area contributed by atoms with E-state index in [0.717, 1.165) is 37.0 Å². The average Bonchev–Trinajstić information content (AvgIpc) is 2.47. The molecular weight excluding hydrogens is 293 g/mol. The van der Waals surface area contributed by atoms with Crippen LogP contribution in [-0.2, 0) is 4.79 Å². The van der Waals surface area contributed by atoms with Crippen molar-refractivity contribution in [3.63, 3.8) is 0 Å². The topological polar surface area (TPSA) is 38.3 Å². The second-order valence-electron chi connectivity index (χ2n) is 7.90. The molecule has 124 valence electrons. The van der Waals surface area contributed by atoms with E-state index in [9.17, 15) is 9.18 Å². The summed E-state index contributed by atoms with van der Waals surface area (Å²) in [5, 5.41) is 3.32. The van der Waals surface area contributed by atoms with Gasteiger partial charge in [-0.05, 0) is 87.5 Å². The Balaban J connectivity index is 1.40. The first kappa shape index (κ1) is 15.0. The average molecular weight is 317 g/mol. The molecule has 3 nitrogen and oxygen atoms in total. The number of benzene rings is 1. The van der Waals surface area contributed by atoms with Gasteiger partial charge < -0.3 is 10.1 Å². The van der Waals surface area contributed by atoms with Crippen LogP contribution >= 0.6 is 0 Å². The quantitative estimate of drug-likeness (QED) is 0.920. The predicted octanol–water partition coefficient (Wildman–Crippen LogP) is 3.68. The Bertz CT molecular complexity index is 563. The molecule has 1 amide bonds. The lowest BCUT2D eigenvalue weighted by atomic mass is 9.53. The normalized spacial score (nSPS) is 35.8. The molecule has 0 saturated heterocycles. The van der Waals surface area contributed by atoms with Crippen molar-refractivity contribution in [1.29, 1.82) is 0 Å². The summed E-state index contributed by atoms with van der Waals surface area (Å²) >= 11 is 0. The van der Waals surface area contributed by atoms with Crippen LogP contribution in [0.25, 0.3) is 0 Å². The lowest BCUT2D eigenvalue weighted by Gasteiger charge is -2.57. The highest BCUT2D eigenvalue weighted by Crippen LogP contribution is 2.55. The van der Waals surface area contributed by atoms with Crippen molar-refractivity contribution < 1.29 is 13.9 Å². The second-order valence-corrected chi connectivity index (χ2v) is 7.90. The molecule has 0 aliphatic heterocycles. The van der Waals surface area contributed by atoms with Crippen LogP contribution in [0.4, 0.5) is 4.39 Å². The molecule has 1 N–H and O–H groups in total. The summed E-state index contributed by atoms with van der Waals surface area (Å²) in [5.41, 5.74) is 0.00620. The zero-order chi connectivity index (χ0) is 16.0. The molecule has 0 aromatic heterocycles. The van der Waals surface area contributed by atoms with E-state index >= 15 is 0 Å². The van der Waals surface area contributed by atoms with Crippen LogP contribution in [0.15, 0.2) is 24.3 Å². The van der Waals surface area contributed by atoms with Crippen LogP contribution in [-0.4, -0.2) is 17.6 Å². The minimum absolute atomic E-state index is 0.00620. The molecule has 5 rings (SSSR count). The number of carbonyl (C=O) groups excluding carboxylic acids is 1. The van der Waals surface area contributed by atoms with E-state index in [0.29, 0.717) is 5.75 Å². The molecule has 4 aliphatic rings. The van der Waals surface area contributed by atoms with Gasteiger partial charge in [0.15, 0.2) is 6.10 Å². The van der Waals surface area contributed by atoms with Crippen LogP contribution in [0.1, 0.15) is 45.4 Å². The van der Waals surface area contributed by atoms with Crippen molar-refractivity contribution in [2.75, 3.05) is 0 Å². The minimum Gasteiger partial charge on any atom is -0.481 e. The van der Waals surface area contributed by atoms with Gasteiger partial charge in [0.25, 0.3) is 5.91 Å². The SMILES string of the molecule is C[C@H](Oc1ccc(F)cc1)C(=O)NC12CC3CC(CC(C3)C1)C2. The Morgan fingerprint density at radius 1 is 1.13 bits per heavy atom. The molecule has 0 radical (unpaired) electrons. The van der Waals surface area contributed by atoms with Crippen LogP contribution in [0.5, 0.6) is 5.75 Å². The monoisotopic (exact) mass is 317 g/mol. The van der Waals surface area contributed by atoms with Crippen molar-refractivity contribution in [2.45, 2.75) is 57.1 Å². The third-order valence-electron chi connectivity index (χ3n) is 5.92. The molecule has 1 aromatic carbocycles. The minimum atomic E-state index is -0.562. The number of ether oxygens (including phenoxy) is 1. The molecule has 23 heavy (non-hydrogen) atoms. The van der Waals surface area contributed by atoms with Gasteiger partial charge in [0.2, 0.25) is 0 Å². The predicted molar refractivity (Wildman–Crippen MR) is 85.5 cm³/mol. The van der Waals surface area contributed by atoms with Crippen LogP contribution in [0.3, 0.4) is 0 Å². The van der Waals surface area contributed by atoms with Crippen LogP contribution in [0, 0.1) is 23.6 Å².